The van der Waals surface area contributed by atoms with Crippen LogP contribution in [0.3, 0.4) is 0 Å². The second kappa shape index (κ2) is 1.35. The number of hydrogen-bond donors (Lipinski definition) is 0. The van der Waals surface area contributed by atoms with Gasteiger partial charge in [0.1, 0.15) is 4.33 Å². The molecule has 0 bridgehead atoms. The Morgan fingerprint density at radius 3 is 1.88 bits per heavy atom. The van der Waals surface area contributed by atoms with Gasteiger partial charge in [-0.25, -0.2) is 0 Å². The summed E-state index contributed by atoms with van der Waals surface area (Å²) in [4.78, 5) is 0. The number of halogens is 2. The Morgan fingerprint density at radius 1 is 1.12 bits per heavy atom. The molecule has 0 heterocycles. The van der Waals surface area contributed by atoms with Crippen molar-refractivity contribution in [3.8, 4) is 0 Å². The van der Waals surface area contributed by atoms with Gasteiger partial charge in [-0.1, -0.05) is 6.42 Å². The van der Waals surface area contributed by atoms with Crippen molar-refractivity contribution in [2.45, 2.75) is 23.6 Å². The smallest absolute Gasteiger partial charge is 0.101 e. The first kappa shape index (κ1) is 5.37. The lowest BCUT2D eigenvalue weighted by molar-refractivity contribution is 0.715. The molecule has 46 valence electrons. The Bertz CT molecular complexity index is 108. The molecule has 0 spiro atoms. The van der Waals surface area contributed by atoms with Crippen LogP contribution in [0.2, 0.25) is 0 Å². The van der Waals surface area contributed by atoms with Gasteiger partial charge in [-0.05, 0) is 24.7 Å². The first-order valence-electron chi connectivity index (χ1n) is 3.11. The molecule has 2 rings (SSSR count). The molecule has 2 fully saturated rings. The van der Waals surface area contributed by atoms with Gasteiger partial charge in [0.15, 0.2) is 0 Å². The van der Waals surface area contributed by atoms with E-state index >= 15 is 0 Å². The molecule has 2 aliphatic rings. The summed E-state index contributed by atoms with van der Waals surface area (Å²) in [5, 5.41) is 0. The predicted octanol–water partition coefficient (Wildman–Crippen LogP) is 2.59. The highest BCUT2D eigenvalue weighted by Crippen LogP contribution is 2.66. The van der Waals surface area contributed by atoms with E-state index in [0.717, 1.165) is 0 Å². The van der Waals surface area contributed by atoms with E-state index in [9.17, 15) is 0 Å². The monoisotopic (exact) mass is 150 g/mol. The van der Waals surface area contributed by atoms with Crippen molar-refractivity contribution >= 4 is 23.2 Å². The largest absolute Gasteiger partial charge is 0.124 e. The van der Waals surface area contributed by atoms with Crippen LogP contribution in [0.4, 0.5) is 0 Å². The van der Waals surface area contributed by atoms with E-state index in [-0.39, 0.29) is 4.33 Å². The van der Waals surface area contributed by atoms with Crippen molar-refractivity contribution in [1.29, 1.82) is 0 Å². The highest BCUT2D eigenvalue weighted by molar-refractivity contribution is 6.51. The fraction of sp³-hybridized carbons (Fsp3) is 1.00. The first-order chi connectivity index (χ1) is 3.73. The van der Waals surface area contributed by atoms with Gasteiger partial charge in [0, 0.05) is 0 Å². The zero-order valence-corrected chi connectivity index (χ0v) is 6.04. The van der Waals surface area contributed by atoms with Gasteiger partial charge in [-0.2, -0.15) is 0 Å². The van der Waals surface area contributed by atoms with E-state index in [1.165, 1.54) is 19.3 Å². The van der Waals surface area contributed by atoms with Crippen molar-refractivity contribution in [3.05, 3.63) is 0 Å². The lowest BCUT2D eigenvalue weighted by atomic mass is 10.2. The zero-order chi connectivity index (χ0) is 5.78. The lowest BCUT2D eigenvalue weighted by Crippen LogP contribution is -1.94. The molecule has 0 N–H and O–H groups in total. The van der Waals surface area contributed by atoms with Crippen molar-refractivity contribution < 1.29 is 0 Å². The van der Waals surface area contributed by atoms with Gasteiger partial charge in [0.25, 0.3) is 0 Å². The number of hydrogen-bond acceptors (Lipinski definition) is 0. The molecule has 0 amide bonds. The van der Waals surface area contributed by atoms with Crippen LogP contribution in [-0.2, 0) is 0 Å². The molecular formula is C6H8Cl2. The minimum atomic E-state index is -0.293. The molecule has 0 aromatic heterocycles. The third-order valence-corrected chi connectivity index (χ3v) is 3.52. The zero-order valence-electron chi connectivity index (χ0n) is 4.53. The van der Waals surface area contributed by atoms with Crippen molar-refractivity contribution in [3.63, 3.8) is 0 Å². The molecule has 8 heavy (non-hydrogen) atoms. The Hall–Kier alpha value is 0.580. The van der Waals surface area contributed by atoms with E-state index in [1.807, 2.05) is 0 Å². The molecule has 0 aromatic carbocycles. The fourth-order valence-electron chi connectivity index (χ4n) is 1.81. The molecule has 2 heteroatoms. The van der Waals surface area contributed by atoms with Crippen LogP contribution in [0.1, 0.15) is 19.3 Å². The van der Waals surface area contributed by atoms with E-state index < -0.39 is 0 Å². The normalized spacial score (nSPS) is 48.8. The van der Waals surface area contributed by atoms with Crippen molar-refractivity contribution in [2.75, 3.05) is 0 Å². The number of fused-ring (bicyclic) bond motifs is 1. The second-order valence-electron chi connectivity index (χ2n) is 2.82. The van der Waals surface area contributed by atoms with E-state index in [4.69, 9.17) is 23.2 Å². The lowest BCUT2D eigenvalue weighted by Gasteiger charge is -1.99. The summed E-state index contributed by atoms with van der Waals surface area (Å²) in [5.41, 5.74) is 0. The van der Waals surface area contributed by atoms with Crippen LogP contribution in [-0.4, -0.2) is 4.33 Å². The molecule has 0 aliphatic heterocycles. The van der Waals surface area contributed by atoms with E-state index in [2.05, 4.69) is 0 Å². The summed E-state index contributed by atoms with van der Waals surface area (Å²) in [6.07, 6.45) is 3.87. The SMILES string of the molecule is ClC1(Cl)[C@H]2CCC[C@@H]21. The maximum atomic E-state index is 5.87. The third-order valence-electron chi connectivity index (χ3n) is 2.40. The molecule has 2 saturated carbocycles. The molecule has 2 atom stereocenters. The molecule has 2 aliphatic carbocycles. The average Bonchev–Trinajstić information content (AvgIpc) is 2.22. The molecule has 0 radical (unpaired) electrons. The summed E-state index contributed by atoms with van der Waals surface area (Å²) in [5.74, 6) is 1.32. The van der Waals surface area contributed by atoms with Gasteiger partial charge < -0.3 is 0 Å². The van der Waals surface area contributed by atoms with Gasteiger partial charge in [-0.15, -0.1) is 23.2 Å². The Labute approximate surface area is 59.2 Å². The highest BCUT2D eigenvalue weighted by atomic mass is 35.5. The summed E-state index contributed by atoms with van der Waals surface area (Å²) in [6, 6.07) is 0. The first-order valence-corrected chi connectivity index (χ1v) is 3.86. The number of alkyl halides is 2. The molecule has 0 nitrogen and oxygen atoms in total. The quantitative estimate of drug-likeness (QED) is 0.466. The van der Waals surface area contributed by atoms with E-state index in [0.29, 0.717) is 11.8 Å². The molecular weight excluding hydrogens is 143 g/mol. The predicted molar refractivity (Wildman–Crippen MR) is 35.3 cm³/mol. The topological polar surface area (TPSA) is 0 Å². The van der Waals surface area contributed by atoms with Crippen LogP contribution >= 0.6 is 23.2 Å². The summed E-state index contributed by atoms with van der Waals surface area (Å²) in [7, 11) is 0. The number of rotatable bonds is 0. The van der Waals surface area contributed by atoms with Crippen LogP contribution in [0, 0.1) is 11.8 Å². The fourth-order valence-corrected chi connectivity index (χ4v) is 2.72. The highest BCUT2D eigenvalue weighted by Gasteiger charge is 2.64. The summed E-state index contributed by atoms with van der Waals surface area (Å²) >= 11 is 11.7. The Kier molecular flexibility index (Phi) is 0.908. The minimum Gasteiger partial charge on any atom is -0.101 e. The Morgan fingerprint density at radius 2 is 1.62 bits per heavy atom. The molecule has 0 saturated heterocycles. The van der Waals surface area contributed by atoms with Crippen molar-refractivity contribution in [1.82, 2.24) is 0 Å². The van der Waals surface area contributed by atoms with Crippen LogP contribution in [0.15, 0.2) is 0 Å². The van der Waals surface area contributed by atoms with Gasteiger partial charge in [0.05, 0.1) is 0 Å². The minimum absolute atomic E-state index is 0.293. The van der Waals surface area contributed by atoms with Gasteiger partial charge >= 0.3 is 0 Å². The van der Waals surface area contributed by atoms with E-state index in [1.54, 1.807) is 0 Å². The van der Waals surface area contributed by atoms with Crippen molar-refractivity contribution in [2.24, 2.45) is 11.8 Å². The molecule has 0 aromatic rings. The Balaban J connectivity index is 2.13. The molecule has 0 unspecified atom stereocenters. The van der Waals surface area contributed by atoms with Crippen LogP contribution in [0.25, 0.3) is 0 Å². The van der Waals surface area contributed by atoms with Crippen LogP contribution < -0.4 is 0 Å². The van der Waals surface area contributed by atoms with Crippen LogP contribution in [0.5, 0.6) is 0 Å². The summed E-state index contributed by atoms with van der Waals surface area (Å²) in [6.45, 7) is 0. The standard InChI is InChI=1S/C6H8Cl2/c7-6(8)4-2-1-3-5(4)6/h4-5H,1-3H2/t4-,5-/m0/s1. The maximum Gasteiger partial charge on any atom is 0.124 e. The van der Waals surface area contributed by atoms with Gasteiger partial charge in [0.2, 0.25) is 0 Å². The maximum absolute atomic E-state index is 5.87. The average molecular weight is 151 g/mol. The summed E-state index contributed by atoms with van der Waals surface area (Å²) < 4.78 is -0.293. The van der Waals surface area contributed by atoms with Gasteiger partial charge in [-0.3, -0.25) is 0 Å². The second-order valence-corrected chi connectivity index (χ2v) is 4.26. The third kappa shape index (κ3) is 0.484.